The minimum Gasteiger partial charge on any atom is -0.370 e. The summed E-state index contributed by atoms with van der Waals surface area (Å²) in [5.41, 5.74) is 7.15. The maximum atomic E-state index is 15.6. The van der Waals surface area contributed by atoms with Crippen LogP contribution in [0, 0.1) is 11.6 Å². The van der Waals surface area contributed by atoms with Crippen molar-refractivity contribution in [3.63, 3.8) is 0 Å². The van der Waals surface area contributed by atoms with Gasteiger partial charge in [-0.25, -0.2) is 18.6 Å². The molecule has 2 aromatic carbocycles. The van der Waals surface area contributed by atoms with Crippen LogP contribution in [0.25, 0.3) is 11.1 Å². The Balaban J connectivity index is 1.72. The maximum Gasteiger partial charge on any atom is 0.334 e. The van der Waals surface area contributed by atoms with E-state index in [4.69, 9.17) is 28.9 Å². The molecule has 1 unspecified atom stereocenters. The summed E-state index contributed by atoms with van der Waals surface area (Å²) in [6, 6.07) is 8.25. The van der Waals surface area contributed by atoms with Gasteiger partial charge in [0.15, 0.2) is 11.6 Å². The highest BCUT2D eigenvalue weighted by Crippen LogP contribution is 2.46. The van der Waals surface area contributed by atoms with Gasteiger partial charge in [0.25, 0.3) is 0 Å². The maximum absolute atomic E-state index is 15.6. The van der Waals surface area contributed by atoms with Crippen molar-refractivity contribution in [1.82, 2.24) is 4.98 Å². The standard InChI is InChI=1S/C24H21Cl2F2N5O/c1-2-32-23-18(7-14(26)11-30-23)17-4-3-13(25)8-21(17)33(24(32)34)22-19(27)9-16(10-20(22)28)31-6-5-15(29)12-31/h3-4,7-11,15H,2,5-6,12,29H2,1H3. The van der Waals surface area contributed by atoms with Crippen LogP contribution in [0.1, 0.15) is 13.3 Å². The Labute approximate surface area is 205 Å². The van der Waals surface area contributed by atoms with Gasteiger partial charge in [0.2, 0.25) is 0 Å². The molecule has 2 aliphatic rings. The first kappa shape index (κ1) is 22.8. The first-order valence-corrected chi connectivity index (χ1v) is 11.6. The molecule has 3 heterocycles. The molecule has 3 aromatic rings. The van der Waals surface area contributed by atoms with E-state index in [9.17, 15) is 4.79 Å². The smallest absolute Gasteiger partial charge is 0.334 e. The zero-order chi connectivity index (χ0) is 24.1. The predicted molar refractivity (Wildman–Crippen MR) is 131 cm³/mol. The number of carbonyl (C=O) groups excluding carboxylic acids is 1. The summed E-state index contributed by atoms with van der Waals surface area (Å²) in [7, 11) is 0. The SMILES string of the molecule is CCN1C(=O)N(c2c(F)cc(N3CCC(N)C3)cc2F)c2cc(Cl)ccc2-c2cc(Cl)cnc21. The van der Waals surface area contributed by atoms with Crippen molar-refractivity contribution in [3.05, 3.63) is 64.3 Å². The second kappa shape index (κ2) is 8.69. The highest BCUT2D eigenvalue weighted by atomic mass is 35.5. The fraction of sp³-hybridized carbons (Fsp3) is 0.250. The summed E-state index contributed by atoms with van der Waals surface area (Å²) >= 11 is 12.5. The van der Waals surface area contributed by atoms with Crippen LogP contribution in [-0.2, 0) is 0 Å². The van der Waals surface area contributed by atoms with Gasteiger partial charge in [-0.1, -0.05) is 29.3 Å². The van der Waals surface area contributed by atoms with Crippen LogP contribution in [0.15, 0.2) is 42.6 Å². The Morgan fingerprint density at radius 2 is 1.82 bits per heavy atom. The fourth-order valence-electron chi connectivity index (χ4n) is 4.55. The summed E-state index contributed by atoms with van der Waals surface area (Å²) in [6.07, 6.45) is 2.17. The lowest BCUT2D eigenvalue weighted by Crippen LogP contribution is -2.41. The number of benzene rings is 2. The number of halogens is 4. The molecule has 10 heteroatoms. The average molecular weight is 504 g/mol. The number of nitrogens with zero attached hydrogens (tertiary/aromatic N) is 4. The summed E-state index contributed by atoms with van der Waals surface area (Å²) < 4.78 is 31.2. The van der Waals surface area contributed by atoms with Gasteiger partial charge in [-0.15, -0.1) is 0 Å². The van der Waals surface area contributed by atoms with Crippen molar-refractivity contribution in [2.24, 2.45) is 5.73 Å². The largest absolute Gasteiger partial charge is 0.370 e. The highest BCUT2D eigenvalue weighted by Gasteiger charge is 2.36. The molecule has 0 spiro atoms. The molecule has 176 valence electrons. The van der Waals surface area contributed by atoms with Gasteiger partial charge in [-0.2, -0.15) is 0 Å². The molecule has 0 bridgehead atoms. The van der Waals surface area contributed by atoms with Gasteiger partial charge in [-0.05, 0) is 43.7 Å². The Morgan fingerprint density at radius 3 is 2.47 bits per heavy atom. The summed E-state index contributed by atoms with van der Waals surface area (Å²) in [4.78, 5) is 22.3. The number of carbonyl (C=O) groups is 1. The van der Waals surface area contributed by atoms with Crippen LogP contribution < -0.4 is 20.4 Å². The van der Waals surface area contributed by atoms with Crippen molar-refractivity contribution >= 4 is 52.1 Å². The van der Waals surface area contributed by atoms with E-state index in [0.29, 0.717) is 45.8 Å². The minimum atomic E-state index is -0.872. The number of hydrogen-bond donors (Lipinski definition) is 1. The molecule has 0 saturated carbocycles. The molecule has 2 aliphatic heterocycles. The lowest BCUT2D eigenvalue weighted by Gasteiger charge is -2.29. The van der Waals surface area contributed by atoms with Crippen LogP contribution in [0.5, 0.6) is 0 Å². The Hall–Kier alpha value is -2.94. The molecular weight excluding hydrogens is 483 g/mol. The summed E-state index contributed by atoms with van der Waals surface area (Å²) in [6.45, 7) is 3.08. The number of urea groups is 1. The third-order valence-corrected chi connectivity index (χ3v) is 6.58. The number of amides is 2. The van der Waals surface area contributed by atoms with Crippen molar-refractivity contribution in [3.8, 4) is 11.1 Å². The van der Waals surface area contributed by atoms with Crippen molar-refractivity contribution in [1.29, 1.82) is 0 Å². The zero-order valence-corrected chi connectivity index (χ0v) is 19.7. The number of anilines is 4. The molecule has 0 radical (unpaired) electrons. The van der Waals surface area contributed by atoms with E-state index in [1.54, 1.807) is 25.1 Å². The number of fused-ring (bicyclic) bond motifs is 3. The topological polar surface area (TPSA) is 65.7 Å². The quantitative estimate of drug-likeness (QED) is 0.478. The zero-order valence-electron chi connectivity index (χ0n) is 18.2. The number of rotatable bonds is 3. The van der Waals surface area contributed by atoms with Gasteiger partial charge < -0.3 is 10.6 Å². The normalized spacial score (nSPS) is 17.6. The lowest BCUT2D eigenvalue weighted by molar-refractivity contribution is 0.253. The Bertz CT molecular complexity index is 1280. The van der Waals surface area contributed by atoms with Crippen molar-refractivity contribution < 1.29 is 13.6 Å². The van der Waals surface area contributed by atoms with Gasteiger partial charge >= 0.3 is 6.03 Å². The first-order chi connectivity index (χ1) is 16.3. The van der Waals surface area contributed by atoms with Gasteiger partial charge in [0, 0.05) is 53.7 Å². The third kappa shape index (κ3) is 3.76. The van der Waals surface area contributed by atoms with Gasteiger partial charge in [0.1, 0.15) is 11.5 Å². The molecule has 1 saturated heterocycles. The molecule has 5 rings (SSSR count). The van der Waals surface area contributed by atoms with E-state index in [1.165, 1.54) is 29.3 Å². The van der Waals surface area contributed by atoms with Crippen LogP contribution in [-0.4, -0.2) is 36.7 Å². The Kier molecular flexibility index (Phi) is 5.83. The minimum absolute atomic E-state index is 0.0528. The Morgan fingerprint density at radius 1 is 1.09 bits per heavy atom. The van der Waals surface area contributed by atoms with Crippen LogP contribution >= 0.6 is 23.2 Å². The second-order valence-electron chi connectivity index (χ2n) is 8.30. The number of aromatic nitrogens is 1. The van der Waals surface area contributed by atoms with E-state index in [-0.39, 0.29) is 18.3 Å². The molecule has 34 heavy (non-hydrogen) atoms. The third-order valence-electron chi connectivity index (χ3n) is 6.13. The molecule has 1 fully saturated rings. The monoisotopic (exact) mass is 503 g/mol. The van der Waals surface area contributed by atoms with Gasteiger partial charge in [-0.3, -0.25) is 9.80 Å². The van der Waals surface area contributed by atoms with E-state index < -0.39 is 23.4 Å². The van der Waals surface area contributed by atoms with Crippen LogP contribution in [0.2, 0.25) is 10.0 Å². The van der Waals surface area contributed by atoms with Crippen molar-refractivity contribution in [2.75, 3.05) is 34.3 Å². The summed E-state index contributed by atoms with van der Waals surface area (Å²) in [5, 5.41) is 0.670. The molecule has 2 amide bonds. The fourth-order valence-corrected chi connectivity index (χ4v) is 4.87. The van der Waals surface area contributed by atoms with E-state index >= 15 is 8.78 Å². The molecular formula is C24H21Cl2F2N5O. The van der Waals surface area contributed by atoms with Crippen LogP contribution in [0.3, 0.4) is 0 Å². The molecule has 1 aromatic heterocycles. The molecule has 6 nitrogen and oxygen atoms in total. The molecule has 0 aliphatic carbocycles. The number of hydrogen-bond acceptors (Lipinski definition) is 4. The lowest BCUT2D eigenvalue weighted by atomic mass is 10.0. The second-order valence-corrected chi connectivity index (χ2v) is 9.17. The molecule has 2 N–H and O–H groups in total. The van der Waals surface area contributed by atoms with E-state index in [1.807, 2.05) is 4.90 Å². The summed E-state index contributed by atoms with van der Waals surface area (Å²) in [5.74, 6) is -1.41. The van der Waals surface area contributed by atoms with Gasteiger partial charge in [0.05, 0.1) is 10.7 Å². The average Bonchev–Trinajstić information content (AvgIpc) is 3.20. The number of pyridine rings is 1. The predicted octanol–water partition coefficient (Wildman–Crippen LogP) is 5.97. The van der Waals surface area contributed by atoms with Crippen LogP contribution in [0.4, 0.5) is 36.5 Å². The highest BCUT2D eigenvalue weighted by molar-refractivity contribution is 6.32. The first-order valence-electron chi connectivity index (χ1n) is 10.8. The van der Waals surface area contributed by atoms with E-state index in [2.05, 4.69) is 4.98 Å². The van der Waals surface area contributed by atoms with Crippen molar-refractivity contribution in [2.45, 2.75) is 19.4 Å². The molecule has 1 atom stereocenters. The van der Waals surface area contributed by atoms with E-state index in [0.717, 1.165) is 11.3 Å². The number of nitrogens with two attached hydrogens (primary N) is 1.